The Morgan fingerprint density at radius 2 is 2.17 bits per heavy atom. The van der Waals surface area contributed by atoms with E-state index in [0.29, 0.717) is 11.1 Å². The van der Waals surface area contributed by atoms with E-state index in [2.05, 4.69) is 4.89 Å². The zero-order valence-corrected chi connectivity index (χ0v) is 6.36. The molecule has 0 unspecified atom stereocenters. The Balaban J connectivity index is 3.04. The molecule has 0 radical (unpaired) electrons. The van der Waals surface area contributed by atoms with Crippen LogP contribution in [0.4, 0.5) is 0 Å². The average molecular weight is 167 g/mol. The first kappa shape index (κ1) is 8.70. The van der Waals surface area contributed by atoms with Crippen molar-refractivity contribution in [3.63, 3.8) is 0 Å². The van der Waals surface area contributed by atoms with Gasteiger partial charge >= 0.3 is 5.97 Å². The van der Waals surface area contributed by atoms with Gasteiger partial charge in [-0.2, -0.15) is 5.26 Å². The van der Waals surface area contributed by atoms with Crippen molar-refractivity contribution >= 4 is 5.97 Å². The number of carbonyl (C=O) groups is 1. The zero-order chi connectivity index (χ0) is 8.97. The number of benzene rings is 1. The van der Waals surface area contributed by atoms with Gasteiger partial charge < -0.3 is 5.73 Å². The van der Waals surface area contributed by atoms with Gasteiger partial charge in [-0.1, -0.05) is 18.2 Å². The number of rotatable bonds is 2. The van der Waals surface area contributed by atoms with Crippen LogP contribution in [0.3, 0.4) is 0 Å². The molecule has 0 aliphatic rings. The molecule has 0 atom stereocenters. The highest BCUT2D eigenvalue weighted by molar-refractivity contribution is 5.90. The molecule has 0 amide bonds. The van der Waals surface area contributed by atoms with E-state index in [4.69, 9.17) is 11.0 Å². The van der Waals surface area contributed by atoms with Crippen molar-refractivity contribution in [3.05, 3.63) is 35.4 Å². The van der Waals surface area contributed by atoms with E-state index in [-0.39, 0.29) is 6.54 Å². The summed E-state index contributed by atoms with van der Waals surface area (Å²) in [6.45, 7) is 0.241. The Hall–Kier alpha value is -1.39. The summed E-state index contributed by atoms with van der Waals surface area (Å²) in [5.74, 6) is -0.781. The van der Waals surface area contributed by atoms with Gasteiger partial charge in [0.05, 0.1) is 5.56 Å². The monoisotopic (exact) mass is 167 g/mol. The minimum Gasteiger partial charge on any atom is -0.326 e. The summed E-state index contributed by atoms with van der Waals surface area (Å²) in [6, 6.07) is 6.68. The predicted octanol–water partition coefficient (Wildman–Crippen LogP) is 0.775. The molecule has 0 saturated carbocycles. The first-order chi connectivity index (χ1) is 5.79. The predicted molar refractivity (Wildman–Crippen MR) is 42.4 cm³/mol. The van der Waals surface area contributed by atoms with Crippen LogP contribution in [0.5, 0.6) is 0 Å². The van der Waals surface area contributed by atoms with Gasteiger partial charge in [0.1, 0.15) is 0 Å². The molecule has 0 bridgehead atoms. The summed E-state index contributed by atoms with van der Waals surface area (Å²) < 4.78 is 0. The van der Waals surface area contributed by atoms with Crippen LogP contribution in [0.15, 0.2) is 24.3 Å². The third kappa shape index (κ3) is 1.61. The summed E-state index contributed by atoms with van der Waals surface area (Å²) in [5.41, 5.74) is 6.30. The lowest BCUT2D eigenvalue weighted by Crippen LogP contribution is -2.08. The summed E-state index contributed by atoms with van der Waals surface area (Å²) in [4.78, 5) is 14.4. The topological polar surface area (TPSA) is 72.6 Å². The van der Waals surface area contributed by atoms with Gasteiger partial charge in [-0.3, -0.25) is 4.89 Å². The second-order valence-corrected chi connectivity index (χ2v) is 2.24. The van der Waals surface area contributed by atoms with Crippen LogP contribution in [0.1, 0.15) is 15.9 Å². The first-order valence-electron chi connectivity index (χ1n) is 3.43. The van der Waals surface area contributed by atoms with Crippen LogP contribution in [-0.2, 0) is 11.4 Å². The Kier molecular flexibility index (Phi) is 2.79. The highest BCUT2D eigenvalue weighted by Gasteiger charge is 2.10. The summed E-state index contributed by atoms with van der Waals surface area (Å²) in [6.07, 6.45) is 0. The van der Waals surface area contributed by atoms with Crippen LogP contribution in [-0.4, -0.2) is 11.2 Å². The van der Waals surface area contributed by atoms with Crippen molar-refractivity contribution in [2.45, 2.75) is 6.54 Å². The fraction of sp³-hybridized carbons (Fsp3) is 0.125. The lowest BCUT2D eigenvalue weighted by atomic mass is 10.1. The molecule has 12 heavy (non-hydrogen) atoms. The molecule has 1 rings (SSSR count). The van der Waals surface area contributed by atoms with E-state index in [9.17, 15) is 4.79 Å². The molecule has 0 aromatic heterocycles. The van der Waals surface area contributed by atoms with Crippen LogP contribution in [0, 0.1) is 0 Å². The van der Waals surface area contributed by atoms with Gasteiger partial charge in [0.2, 0.25) is 0 Å². The van der Waals surface area contributed by atoms with E-state index >= 15 is 0 Å². The van der Waals surface area contributed by atoms with Crippen molar-refractivity contribution < 1.29 is 14.9 Å². The molecular weight excluding hydrogens is 158 g/mol. The third-order valence-corrected chi connectivity index (χ3v) is 1.54. The van der Waals surface area contributed by atoms with Crippen LogP contribution in [0.25, 0.3) is 0 Å². The number of hydrogen-bond acceptors (Lipinski definition) is 4. The second-order valence-electron chi connectivity index (χ2n) is 2.24. The van der Waals surface area contributed by atoms with E-state index in [1.807, 2.05) is 0 Å². The van der Waals surface area contributed by atoms with Crippen molar-refractivity contribution in [1.29, 1.82) is 0 Å². The molecule has 0 aliphatic carbocycles. The van der Waals surface area contributed by atoms with Gasteiger partial charge in [-0.25, -0.2) is 4.79 Å². The number of nitrogens with two attached hydrogens (primary N) is 1. The van der Waals surface area contributed by atoms with E-state index in [1.54, 1.807) is 24.3 Å². The van der Waals surface area contributed by atoms with E-state index in [1.165, 1.54) is 0 Å². The van der Waals surface area contributed by atoms with Crippen LogP contribution < -0.4 is 5.73 Å². The highest BCUT2D eigenvalue weighted by atomic mass is 17.1. The molecule has 3 N–H and O–H groups in total. The standard InChI is InChI=1S/C8H9NO3/c9-5-6-3-1-2-4-7(6)8(10)12-11/h1-4,11H,5,9H2. The largest absolute Gasteiger partial charge is 0.373 e. The molecule has 4 nitrogen and oxygen atoms in total. The third-order valence-electron chi connectivity index (χ3n) is 1.54. The first-order valence-corrected chi connectivity index (χ1v) is 3.43. The molecule has 0 spiro atoms. The van der Waals surface area contributed by atoms with E-state index in [0.717, 1.165) is 0 Å². The van der Waals surface area contributed by atoms with Gasteiger partial charge in [-0.05, 0) is 11.6 Å². The maximum absolute atomic E-state index is 10.9. The molecule has 64 valence electrons. The fourth-order valence-corrected chi connectivity index (χ4v) is 0.947. The minimum atomic E-state index is -0.781. The summed E-state index contributed by atoms with van der Waals surface area (Å²) >= 11 is 0. The van der Waals surface area contributed by atoms with Gasteiger partial charge in [-0.15, -0.1) is 0 Å². The van der Waals surface area contributed by atoms with Crippen molar-refractivity contribution in [3.8, 4) is 0 Å². The average Bonchev–Trinajstić information content (AvgIpc) is 2.16. The second kappa shape index (κ2) is 3.85. The number of hydrogen-bond donors (Lipinski definition) is 2. The maximum atomic E-state index is 10.9. The molecule has 1 aromatic rings. The molecule has 0 heterocycles. The van der Waals surface area contributed by atoms with Gasteiger partial charge in [0.15, 0.2) is 0 Å². The molecule has 4 heteroatoms. The van der Waals surface area contributed by atoms with E-state index < -0.39 is 5.97 Å². The lowest BCUT2D eigenvalue weighted by Gasteiger charge is -2.02. The highest BCUT2D eigenvalue weighted by Crippen LogP contribution is 2.08. The van der Waals surface area contributed by atoms with Gasteiger partial charge in [0, 0.05) is 6.54 Å². The molecule has 0 saturated heterocycles. The Bertz CT molecular complexity index is 285. The normalized spacial score (nSPS) is 9.50. The smallest absolute Gasteiger partial charge is 0.326 e. The summed E-state index contributed by atoms with van der Waals surface area (Å²) in [5, 5.41) is 8.12. The Morgan fingerprint density at radius 1 is 1.50 bits per heavy atom. The van der Waals surface area contributed by atoms with Crippen molar-refractivity contribution in [1.82, 2.24) is 0 Å². The van der Waals surface area contributed by atoms with Crippen LogP contribution >= 0.6 is 0 Å². The van der Waals surface area contributed by atoms with Crippen LogP contribution in [0.2, 0.25) is 0 Å². The summed E-state index contributed by atoms with van der Waals surface area (Å²) in [7, 11) is 0. The SMILES string of the molecule is NCc1ccccc1C(=O)OO. The molecule has 0 aliphatic heterocycles. The lowest BCUT2D eigenvalue weighted by molar-refractivity contribution is -0.182. The molecule has 0 fully saturated rings. The molecule has 1 aromatic carbocycles. The number of carbonyl (C=O) groups excluding carboxylic acids is 1. The quantitative estimate of drug-likeness (QED) is 0.504. The Labute approximate surface area is 69.5 Å². The van der Waals surface area contributed by atoms with Crippen molar-refractivity contribution in [2.24, 2.45) is 5.73 Å². The maximum Gasteiger partial charge on any atom is 0.373 e. The fourth-order valence-electron chi connectivity index (χ4n) is 0.947. The van der Waals surface area contributed by atoms with Gasteiger partial charge in [0.25, 0.3) is 0 Å². The molecular formula is C8H9NO3. The minimum absolute atomic E-state index is 0.241. The van der Waals surface area contributed by atoms with Crippen molar-refractivity contribution in [2.75, 3.05) is 0 Å². The Morgan fingerprint density at radius 3 is 2.75 bits per heavy atom. The zero-order valence-electron chi connectivity index (χ0n) is 6.36.